The van der Waals surface area contributed by atoms with E-state index in [0.717, 1.165) is 26.2 Å². The smallest absolute Gasteiger partial charge is 0.250 e. The molecule has 2 saturated heterocycles. The number of nitrogens with one attached hydrogen (secondary N) is 1. The quantitative estimate of drug-likeness (QED) is 0.562. The summed E-state index contributed by atoms with van der Waals surface area (Å²) in [4.78, 5) is 17.9. The number of halogens is 2. The van der Waals surface area contributed by atoms with Crippen molar-refractivity contribution in [2.75, 3.05) is 67.8 Å². The Morgan fingerprint density at radius 2 is 1.48 bits per heavy atom. The highest BCUT2D eigenvalue weighted by atomic mass is 35.5. The van der Waals surface area contributed by atoms with Gasteiger partial charge in [0, 0.05) is 31.7 Å². The average molecular weight is 438 g/mol. The predicted molar refractivity (Wildman–Crippen MR) is 114 cm³/mol. The normalized spacial score (nSPS) is 17.7. The van der Waals surface area contributed by atoms with Crippen LogP contribution in [0.4, 0.5) is 17.8 Å². The van der Waals surface area contributed by atoms with Crippen molar-refractivity contribution in [3.8, 4) is 0 Å². The number of aromatic nitrogens is 3. The molecule has 0 atom stereocenters. The zero-order valence-corrected chi connectivity index (χ0v) is 17.2. The molecule has 2 aliphatic heterocycles. The summed E-state index contributed by atoms with van der Waals surface area (Å²) in [5.74, 6) is 1.56. The fourth-order valence-electron chi connectivity index (χ4n) is 2.99. The summed E-state index contributed by atoms with van der Waals surface area (Å²) >= 11 is 12.2. The Bertz CT molecular complexity index is 835. The molecule has 1 N–H and O–H groups in total. The van der Waals surface area contributed by atoms with Crippen LogP contribution >= 0.6 is 23.2 Å². The average Bonchev–Trinajstić information content (AvgIpc) is 2.78. The number of hydrazone groups is 1. The molecule has 0 spiro atoms. The minimum absolute atomic E-state index is 0.359. The summed E-state index contributed by atoms with van der Waals surface area (Å²) in [6, 6.07) is 5.36. The number of benzene rings is 1. The maximum Gasteiger partial charge on any atom is 0.250 e. The van der Waals surface area contributed by atoms with E-state index in [2.05, 4.69) is 35.3 Å². The molecule has 11 heteroatoms. The zero-order chi connectivity index (χ0) is 20.1. The molecule has 0 amide bonds. The fraction of sp³-hybridized carbons (Fsp3) is 0.444. The van der Waals surface area contributed by atoms with Crippen LogP contribution < -0.4 is 15.2 Å². The predicted octanol–water partition coefficient (Wildman–Crippen LogP) is 2.30. The molecule has 0 saturated carbocycles. The van der Waals surface area contributed by atoms with Gasteiger partial charge in [0.15, 0.2) is 0 Å². The van der Waals surface area contributed by atoms with Crippen LogP contribution in [0.15, 0.2) is 23.3 Å². The van der Waals surface area contributed by atoms with E-state index in [1.165, 1.54) is 0 Å². The zero-order valence-electron chi connectivity index (χ0n) is 15.7. The third-order valence-electron chi connectivity index (χ3n) is 4.55. The molecule has 2 fully saturated rings. The second-order valence-electron chi connectivity index (χ2n) is 6.47. The van der Waals surface area contributed by atoms with Crippen LogP contribution in [-0.4, -0.2) is 73.8 Å². The Balaban J connectivity index is 1.57. The van der Waals surface area contributed by atoms with Gasteiger partial charge in [-0.05, 0) is 6.07 Å². The molecule has 1 aromatic carbocycles. The lowest BCUT2D eigenvalue weighted by Gasteiger charge is -2.30. The Hall–Kier alpha value is -2.20. The first-order chi connectivity index (χ1) is 14.2. The molecular weight excluding hydrogens is 417 g/mol. The van der Waals surface area contributed by atoms with Crippen LogP contribution in [0.25, 0.3) is 0 Å². The molecule has 3 heterocycles. The molecule has 0 radical (unpaired) electrons. The van der Waals surface area contributed by atoms with Crippen LogP contribution in [-0.2, 0) is 9.47 Å². The third-order valence-corrected chi connectivity index (χ3v) is 5.38. The Kier molecular flexibility index (Phi) is 6.60. The van der Waals surface area contributed by atoms with E-state index >= 15 is 0 Å². The van der Waals surface area contributed by atoms with Crippen LogP contribution in [0.5, 0.6) is 0 Å². The number of hydrogen-bond donors (Lipinski definition) is 1. The Labute approximate surface area is 178 Å². The van der Waals surface area contributed by atoms with Crippen LogP contribution in [0.3, 0.4) is 0 Å². The van der Waals surface area contributed by atoms with Crippen molar-refractivity contribution < 1.29 is 9.47 Å². The van der Waals surface area contributed by atoms with E-state index in [-0.39, 0.29) is 0 Å². The number of hydrogen-bond acceptors (Lipinski definition) is 9. The first-order valence-corrected chi connectivity index (χ1v) is 10.1. The Morgan fingerprint density at radius 1 is 0.897 bits per heavy atom. The van der Waals surface area contributed by atoms with Crippen LogP contribution in [0.2, 0.25) is 10.0 Å². The van der Waals surface area contributed by atoms with Gasteiger partial charge in [-0.2, -0.15) is 20.1 Å². The van der Waals surface area contributed by atoms with Gasteiger partial charge in [-0.3, -0.25) is 0 Å². The van der Waals surface area contributed by atoms with Crippen molar-refractivity contribution in [3.05, 3.63) is 33.8 Å². The van der Waals surface area contributed by atoms with E-state index < -0.39 is 0 Å². The van der Waals surface area contributed by atoms with Gasteiger partial charge in [0.1, 0.15) is 0 Å². The van der Waals surface area contributed by atoms with Gasteiger partial charge in [-0.15, -0.1) is 0 Å². The highest BCUT2D eigenvalue weighted by Crippen LogP contribution is 2.24. The first kappa shape index (κ1) is 20.1. The molecule has 1 aromatic heterocycles. The summed E-state index contributed by atoms with van der Waals surface area (Å²) in [6.45, 7) is 5.50. The van der Waals surface area contributed by atoms with Gasteiger partial charge in [0.05, 0.1) is 42.7 Å². The minimum atomic E-state index is 0.359. The summed E-state index contributed by atoms with van der Waals surface area (Å²) in [7, 11) is 0. The number of rotatable bonds is 5. The van der Waals surface area contributed by atoms with Crippen LogP contribution in [0.1, 0.15) is 5.56 Å². The molecular formula is C18H21Cl2N7O2. The molecule has 0 bridgehead atoms. The van der Waals surface area contributed by atoms with Gasteiger partial charge in [-0.25, -0.2) is 5.43 Å². The van der Waals surface area contributed by atoms with Gasteiger partial charge < -0.3 is 19.3 Å². The lowest BCUT2D eigenvalue weighted by atomic mass is 10.2. The lowest BCUT2D eigenvalue weighted by molar-refractivity contribution is 0.121. The van der Waals surface area contributed by atoms with E-state index in [1.807, 2.05) is 12.1 Å². The van der Waals surface area contributed by atoms with Gasteiger partial charge in [-0.1, -0.05) is 35.3 Å². The second-order valence-corrected chi connectivity index (χ2v) is 7.26. The van der Waals surface area contributed by atoms with Crippen molar-refractivity contribution in [3.63, 3.8) is 0 Å². The maximum atomic E-state index is 6.20. The topological polar surface area (TPSA) is 88.0 Å². The van der Waals surface area contributed by atoms with Gasteiger partial charge in [0.2, 0.25) is 17.8 Å². The maximum absolute atomic E-state index is 6.20. The SMILES string of the molecule is Clc1cccc(/C=N\Nc2nc(N3CCOCC3)nc(N3CCOCC3)n2)c1Cl. The second kappa shape index (κ2) is 9.53. The lowest BCUT2D eigenvalue weighted by Crippen LogP contribution is -2.40. The molecule has 0 unspecified atom stereocenters. The largest absolute Gasteiger partial charge is 0.378 e. The highest BCUT2D eigenvalue weighted by Gasteiger charge is 2.20. The molecule has 154 valence electrons. The van der Waals surface area contributed by atoms with Crippen molar-refractivity contribution in [1.82, 2.24) is 15.0 Å². The van der Waals surface area contributed by atoms with Crippen molar-refractivity contribution in [1.29, 1.82) is 0 Å². The molecule has 0 aliphatic carbocycles. The number of morpholine rings is 2. The van der Waals surface area contributed by atoms with Crippen molar-refractivity contribution in [2.24, 2.45) is 5.10 Å². The molecule has 29 heavy (non-hydrogen) atoms. The van der Waals surface area contributed by atoms with Gasteiger partial charge in [0.25, 0.3) is 0 Å². The first-order valence-electron chi connectivity index (χ1n) is 9.35. The molecule has 4 rings (SSSR count). The highest BCUT2D eigenvalue weighted by molar-refractivity contribution is 6.43. The number of ether oxygens (including phenoxy) is 2. The van der Waals surface area contributed by atoms with E-state index in [4.69, 9.17) is 32.7 Å². The fourth-order valence-corrected chi connectivity index (χ4v) is 3.35. The third kappa shape index (κ3) is 5.05. The van der Waals surface area contributed by atoms with Crippen molar-refractivity contribution >= 4 is 47.3 Å². The molecule has 2 aromatic rings. The van der Waals surface area contributed by atoms with E-state index in [0.29, 0.717) is 59.9 Å². The monoisotopic (exact) mass is 437 g/mol. The number of nitrogens with zero attached hydrogens (tertiary/aromatic N) is 6. The Morgan fingerprint density at radius 3 is 2.07 bits per heavy atom. The summed E-state index contributed by atoms with van der Waals surface area (Å²) in [5.41, 5.74) is 3.59. The summed E-state index contributed by atoms with van der Waals surface area (Å²) < 4.78 is 10.9. The summed E-state index contributed by atoms with van der Waals surface area (Å²) in [5, 5.41) is 5.14. The summed E-state index contributed by atoms with van der Waals surface area (Å²) in [6.07, 6.45) is 1.58. The van der Waals surface area contributed by atoms with E-state index in [9.17, 15) is 0 Å². The molecule has 2 aliphatic rings. The van der Waals surface area contributed by atoms with Crippen molar-refractivity contribution in [2.45, 2.75) is 0 Å². The minimum Gasteiger partial charge on any atom is -0.378 e. The standard InChI is InChI=1S/C18H21Cl2N7O2/c19-14-3-1-2-13(15(14)20)12-21-25-16-22-17(26-4-8-28-9-5-26)24-18(23-16)27-6-10-29-11-7-27/h1-3,12H,4-11H2,(H,22,23,24,25)/b21-12-. The van der Waals surface area contributed by atoms with E-state index in [1.54, 1.807) is 12.3 Å². The molecule has 9 nitrogen and oxygen atoms in total. The van der Waals surface area contributed by atoms with Crippen LogP contribution in [0, 0.1) is 0 Å². The number of anilines is 3. The van der Waals surface area contributed by atoms with Gasteiger partial charge >= 0.3 is 0 Å².